The minimum Gasteiger partial charge on any atom is -0.444 e. The minimum absolute atomic E-state index is 0.181. The number of carbonyl (C=O) groups is 1. The summed E-state index contributed by atoms with van der Waals surface area (Å²) in [5, 5.41) is 4.48. The molecular weight excluding hydrogens is 426 g/mol. The molecule has 0 radical (unpaired) electrons. The van der Waals surface area contributed by atoms with E-state index in [2.05, 4.69) is 29.3 Å². The molecule has 1 aromatic rings. The first kappa shape index (κ1) is 23.7. The van der Waals surface area contributed by atoms with Gasteiger partial charge in [-0.25, -0.2) is 4.79 Å². The van der Waals surface area contributed by atoms with Crippen LogP contribution in [0.1, 0.15) is 46.1 Å². The summed E-state index contributed by atoms with van der Waals surface area (Å²) in [4.78, 5) is 16.6. The average Bonchev–Trinajstić information content (AvgIpc) is 3.30. The van der Waals surface area contributed by atoms with Crippen molar-refractivity contribution in [1.82, 2.24) is 10.2 Å². The zero-order valence-electron chi connectivity index (χ0n) is 20.0. The molecule has 3 fully saturated rings. The fourth-order valence-electron chi connectivity index (χ4n) is 5.04. The van der Waals surface area contributed by atoms with E-state index in [1.807, 2.05) is 31.7 Å². The Morgan fingerprint density at radius 1 is 1.22 bits per heavy atom. The molecule has 3 aliphatic rings. The highest BCUT2D eigenvalue weighted by molar-refractivity contribution is 6.33. The summed E-state index contributed by atoms with van der Waals surface area (Å²) in [6.45, 7) is 15.1. The van der Waals surface area contributed by atoms with Crippen molar-refractivity contribution in [2.24, 2.45) is 17.3 Å². The number of fused-ring (bicyclic) bond motifs is 1. The highest BCUT2D eigenvalue weighted by atomic mass is 35.5. The van der Waals surface area contributed by atoms with Crippen LogP contribution in [0, 0.1) is 17.3 Å². The van der Waals surface area contributed by atoms with Gasteiger partial charge in [0.25, 0.3) is 0 Å². The Morgan fingerprint density at radius 2 is 1.88 bits per heavy atom. The van der Waals surface area contributed by atoms with Crippen molar-refractivity contribution in [3.8, 4) is 0 Å². The van der Waals surface area contributed by atoms with Gasteiger partial charge in [0, 0.05) is 51.1 Å². The van der Waals surface area contributed by atoms with Crippen molar-refractivity contribution in [3.63, 3.8) is 0 Å². The van der Waals surface area contributed by atoms with Crippen molar-refractivity contribution in [3.05, 3.63) is 28.8 Å². The molecule has 2 atom stereocenters. The number of hydrogen-bond donors (Lipinski definition) is 1. The predicted molar refractivity (Wildman–Crippen MR) is 128 cm³/mol. The molecule has 1 aromatic carbocycles. The van der Waals surface area contributed by atoms with Gasteiger partial charge in [-0.05, 0) is 56.7 Å². The van der Waals surface area contributed by atoms with Gasteiger partial charge in [-0.2, -0.15) is 0 Å². The van der Waals surface area contributed by atoms with Crippen LogP contribution in [0.5, 0.6) is 0 Å². The standard InChI is InChI=1S/C25H38ClN3O3/c1-24(2,3)32-23(30)28-9-7-25(4,8-10-28)17-27-12-18-5-6-21(26)22(11-18)29-13-19-15-31-16-20(19)14-29/h5-6,11,19-20,27H,7-10,12-17H2,1-4H3. The number of hydrogen-bond acceptors (Lipinski definition) is 5. The summed E-state index contributed by atoms with van der Waals surface area (Å²) in [6.07, 6.45) is 1.76. The molecule has 6 nitrogen and oxygen atoms in total. The number of amides is 1. The van der Waals surface area contributed by atoms with Crippen molar-refractivity contribution >= 4 is 23.4 Å². The summed E-state index contributed by atoms with van der Waals surface area (Å²) in [7, 11) is 0. The van der Waals surface area contributed by atoms with Gasteiger partial charge in [0.05, 0.1) is 23.9 Å². The maximum absolute atomic E-state index is 12.3. The number of halogens is 1. The third-order valence-corrected chi connectivity index (χ3v) is 7.41. The summed E-state index contributed by atoms with van der Waals surface area (Å²) in [6, 6.07) is 6.39. The number of likely N-dealkylation sites (tertiary alicyclic amines) is 1. The van der Waals surface area contributed by atoms with E-state index in [-0.39, 0.29) is 11.5 Å². The van der Waals surface area contributed by atoms with E-state index in [0.717, 1.165) is 76.0 Å². The highest BCUT2D eigenvalue weighted by Gasteiger charge is 2.38. The first-order chi connectivity index (χ1) is 15.1. The predicted octanol–water partition coefficient (Wildman–Crippen LogP) is 4.55. The second kappa shape index (κ2) is 9.40. The van der Waals surface area contributed by atoms with Crippen LogP contribution in [0.3, 0.4) is 0 Å². The van der Waals surface area contributed by atoms with Gasteiger partial charge in [-0.3, -0.25) is 0 Å². The van der Waals surface area contributed by atoms with Crippen molar-refractivity contribution in [2.45, 2.75) is 52.7 Å². The molecule has 0 bridgehead atoms. The molecule has 3 aliphatic heterocycles. The number of carbonyl (C=O) groups excluding carboxylic acids is 1. The Hall–Kier alpha value is -1.50. The van der Waals surface area contributed by atoms with Gasteiger partial charge in [-0.1, -0.05) is 24.6 Å². The topological polar surface area (TPSA) is 54.0 Å². The monoisotopic (exact) mass is 463 g/mol. The lowest BCUT2D eigenvalue weighted by molar-refractivity contribution is 0.0119. The molecule has 178 valence electrons. The fourth-order valence-corrected chi connectivity index (χ4v) is 5.27. The number of anilines is 1. The number of rotatable bonds is 5. The van der Waals surface area contributed by atoms with Crippen molar-refractivity contribution in [1.29, 1.82) is 0 Å². The second-order valence-corrected chi connectivity index (χ2v) is 11.5. The SMILES string of the molecule is CC1(CNCc2ccc(Cl)c(N3CC4COCC4C3)c2)CCN(C(=O)OC(C)(C)C)CC1. The van der Waals surface area contributed by atoms with Crippen molar-refractivity contribution in [2.75, 3.05) is 50.8 Å². The molecule has 1 amide bonds. The maximum Gasteiger partial charge on any atom is 0.410 e. The molecule has 7 heteroatoms. The molecule has 1 N–H and O–H groups in total. The summed E-state index contributed by atoms with van der Waals surface area (Å²) < 4.78 is 11.1. The van der Waals surface area contributed by atoms with Crippen LogP contribution >= 0.6 is 11.6 Å². The van der Waals surface area contributed by atoms with Crippen LogP contribution in [0.15, 0.2) is 18.2 Å². The van der Waals surface area contributed by atoms with E-state index < -0.39 is 5.60 Å². The van der Waals surface area contributed by atoms with Gasteiger partial charge in [0.15, 0.2) is 0 Å². The maximum atomic E-state index is 12.3. The van der Waals surface area contributed by atoms with Gasteiger partial charge in [0.2, 0.25) is 0 Å². The van der Waals surface area contributed by atoms with Gasteiger partial charge in [0.1, 0.15) is 5.60 Å². The first-order valence-corrected chi connectivity index (χ1v) is 12.3. The van der Waals surface area contributed by atoms with Gasteiger partial charge < -0.3 is 24.6 Å². The molecule has 3 saturated heterocycles. The molecular formula is C25H38ClN3O3. The van der Waals surface area contributed by atoms with Crippen LogP contribution < -0.4 is 10.2 Å². The lowest BCUT2D eigenvalue weighted by Gasteiger charge is -2.40. The Kier molecular flexibility index (Phi) is 6.94. The molecule has 2 unspecified atom stereocenters. The molecule has 3 heterocycles. The van der Waals surface area contributed by atoms with Gasteiger partial charge in [-0.15, -0.1) is 0 Å². The molecule has 32 heavy (non-hydrogen) atoms. The average molecular weight is 464 g/mol. The van der Waals surface area contributed by atoms with Crippen LogP contribution in [0.25, 0.3) is 0 Å². The van der Waals surface area contributed by atoms with Crippen LogP contribution in [-0.2, 0) is 16.0 Å². The van der Waals surface area contributed by atoms with Crippen LogP contribution in [-0.4, -0.2) is 62.5 Å². The Labute approximate surface area is 197 Å². The van der Waals surface area contributed by atoms with Crippen LogP contribution in [0.4, 0.5) is 10.5 Å². The minimum atomic E-state index is -0.446. The van der Waals surface area contributed by atoms with Crippen LogP contribution in [0.2, 0.25) is 5.02 Å². The fraction of sp³-hybridized carbons (Fsp3) is 0.720. The second-order valence-electron chi connectivity index (χ2n) is 11.1. The van der Waals surface area contributed by atoms with Crippen molar-refractivity contribution < 1.29 is 14.3 Å². The lowest BCUT2D eigenvalue weighted by atomic mass is 9.80. The Bertz CT molecular complexity index is 805. The lowest BCUT2D eigenvalue weighted by Crippen LogP contribution is -2.47. The molecule has 4 rings (SSSR count). The summed E-state index contributed by atoms with van der Waals surface area (Å²) in [5.74, 6) is 1.28. The summed E-state index contributed by atoms with van der Waals surface area (Å²) in [5.41, 5.74) is 2.14. The smallest absolute Gasteiger partial charge is 0.410 e. The zero-order chi connectivity index (χ0) is 22.9. The van der Waals surface area contributed by atoms with E-state index >= 15 is 0 Å². The van der Waals surface area contributed by atoms with E-state index in [1.54, 1.807) is 0 Å². The summed E-state index contributed by atoms with van der Waals surface area (Å²) >= 11 is 6.55. The highest BCUT2D eigenvalue weighted by Crippen LogP contribution is 2.36. The third kappa shape index (κ3) is 5.70. The largest absolute Gasteiger partial charge is 0.444 e. The molecule has 0 spiro atoms. The van der Waals surface area contributed by atoms with E-state index in [4.69, 9.17) is 21.1 Å². The normalized spacial score (nSPS) is 25.2. The zero-order valence-corrected chi connectivity index (χ0v) is 20.7. The molecule has 0 saturated carbocycles. The van der Waals surface area contributed by atoms with E-state index in [9.17, 15) is 4.79 Å². The van der Waals surface area contributed by atoms with E-state index in [0.29, 0.717) is 11.8 Å². The van der Waals surface area contributed by atoms with Gasteiger partial charge >= 0.3 is 6.09 Å². The first-order valence-electron chi connectivity index (χ1n) is 11.9. The van der Waals surface area contributed by atoms with E-state index in [1.165, 1.54) is 5.56 Å². The number of ether oxygens (including phenoxy) is 2. The Morgan fingerprint density at radius 3 is 2.50 bits per heavy atom. The molecule has 0 aliphatic carbocycles. The number of nitrogens with one attached hydrogen (secondary N) is 1. The number of benzene rings is 1. The quantitative estimate of drug-likeness (QED) is 0.694. The number of piperidine rings is 1. The number of nitrogens with zero attached hydrogens (tertiary/aromatic N) is 2. The third-order valence-electron chi connectivity index (χ3n) is 7.09. The molecule has 0 aromatic heterocycles. The Balaban J connectivity index is 1.26.